The normalized spacial score (nSPS) is 10.7. The average Bonchev–Trinajstić information content (AvgIpc) is 2.81. The number of nitrogens with zero attached hydrogens (tertiary/aromatic N) is 5. The molecule has 0 aromatic carbocycles. The summed E-state index contributed by atoms with van der Waals surface area (Å²) in [6, 6.07) is 0. The van der Waals surface area contributed by atoms with Crippen molar-refractivity contribution in [1.82, 2.24) is 24.8 Å². The van der Waals surface area contributed by atoms with Gasteiger partial charge in [0.05, 0.1) is 11.2 Å². The molecule has 0 radical (unpaired) electrons. The standard InChI is InChI=1S/C9H9ClN6OS/c1-4(2)7-11-3-5(10)6(12-7)8(17)13-9-14-15-16-18-9/h3-4H,1-2H3,(H,13,14,16,17). The van der Waals surface area contributed by atoms with Gasteiger partial charge in [0.25, 0.3) is 5.91 Å². The van der Waals surface area contributed by atoms with Gasteiger partial charge in [-0.3, -0.25) is 10.1 Å². The predicted octanol–water partition coefficient (Wildman–Crippen LogP) is 1.75. The van der Waals surface area contributed by atoms with Gasteiger partial charge in [-0.2, -0.15) is 0 Å². The van der Waals surface area contributed by atoms with Gasteiger partial charge in [-0.1, -0.05) is 35.0 Å². The Labute approximate surface area is 112 Å². The van der Waals surface area contributed by atoms with Crippen LogP contribution in [0.1, 0.15) is 36.1 Å². The minimum Gasteiger partial charge on any atom is -0.294 e. The molecule has 1 N–H and O–H groups in total. The molecule has 2 aromatic rings. The highest BCUT2D eigenvalue weighted by Crippen LogP contribution is 2.17. The maximum absolute atomic E-state index is 11.9. The number of amides is 1. The van der Waals surface area contributed by atoms with E-state index in [0.29, 0.717) is 11.0 Å². The molecule has 1 amide bonds. The fourth-order valence-corrected chi connectivity index (χ4v) is 1.69. The Bertz CT molecular complexity index is 558. The number of carbonyl (C=O) groups excluding carboxylic acids is 1. The molecule has 0 saturated carbocycles. The monoisotopic (exact) mass is 284 g/mol. The highest BCUT2D eigenvalue weighted by molar-refractivity contribution is 7.09. The van der Waals surface area contributed by atoms with Gasteiger partial charge in [0, 0.05) is 17.5 Å². The van der Waals surface area contributed by atoms with Crippen molar-refractivity contribution in [1.29, 1.82) is 0 Å². The van der Waals surface area contributed by atoms with Crippen LogP contribution in [-0.2, 0) is 0 Å². The lowest BCUT2D eigenvalue weighted by Crippen LogP contribution is -2.16. The van der Waals surface area contributed by atoms with Crippen LogP contribution < -0.4 is 5.32 Å². The number of hydrogen-bond acceptors (Lipinski definition) is 7. The van der Waals surface area contributed by atoms with E-state index in [1.54, 1.807) is 0 Å². The van der Waals surface area contributed by atoms with Crippen LogP contribution in [0.5, 0.6) is 0 Å². The van der Waals surface area contributed by atoms with Crippen molar-refractivity contribution in [2.75, 3.05) is 5.32 Å². The van der Waals surface area contributed by atoms with Crippen LogP contribution in [0.15, 0.2) is 6.20 Å². The molecule has 0 spiro atoms. The van der Waals surface area contributed by atoms with Crippen molar-refractivity contribution in [2.24, 2.45) is 0 Å². The van der Waals surface area contributed by atoms with Crippen molar-refractivity contribution < 1.29 is 4.79 Å². The van der Waals surface area contributed by atoms with E-state index in [9.17, 15) is 4.79 Å². The molecule has 7 nitrogen and oxygen atoms in total. The van der Waals surface area contributed by atoms with E-state index in [1.165, 1.54) is 6.20 Å². The van der Waals surface area contributed by atoms with Crippen LogP contribution in [-0.4, -0.2) is 30.7 Å². The topological polar surface area (TPSA) is 93.6 Å². The second-order valence-corrected chi connectivity index (χ2v) is 4.84. The van der Waals surface area contributed by atoms with Crippen LogP contribution in [0.4, 0.5) is 5.13 Å². The summed E-state index contributed by atoms with van der Waals surface area (Å²) in [4.78, 5) is 20.1. The first-order valence-corrected chi connectivity index (χ1v) is 6.22. The van der Waals surface area contributed by atoms with E-state index >= 15 is 0 Å². The highest BCUT2D eigenvalue weighted by Gasteiger charge is 2.16. The summed E-state index contributed by atoms with van der Waals surface area (Å²) < 4.78 is 3.54. The van der Waals surface area contributed by atoms with Gasteiger partial charge < -0.3 is 0 Å². The zero-order valence-electron chi connectivity index (χ0n) is 9.59. The summed E-state index contributed by atoms with van der Waals surface area (Å²) in [6.45, 7) is 3.86. The maximum Gasteiger partial charge on any atom is 0.277 e. The molecule has 0 aliphatic rings. The number of nitrogens with one attached hydrogen (secondary N) is 1. The van der Waals surface area contributed by atoms with Gasteiger partial charge in [-0.25, -0.2) is 9.97 Å². The van der Waals surface area contributed by atoms with Gasteiger partial charge >= 0.3 is 0 Å². The molecule has 0 fully saturated rings. The lowest BCUT2D eigenvalue weighted by atomic mass is 10.2. The van der Waals surface area contributed by atoms with Gasteiger partial charge in [-0.05, 0) is 5.21 Å². The van der Waals surface area contributed by atoms with Gasteiger partial charge in [0.2, 0.25) is 5.13 Å². The third-order valence-electron chi connectivity index (χ3n) is 2.01. The van der Waals surface area contributed by atoms with E-state index in [1.807, 2.05) is 13.8 Å². The Hall–Kier alpha value is -1.67. The van der Waals surface area contributed by atoms with Crippen molar-refractivity contribution in [2.45, 2.75) is 19.8 Å². The van der Waals surface area contributed by atoms with E-state index in [-0.39, 0.29) is 16.6 Å². The second-order valence-electron chi connectivity index (χ2n) is 3.70. The number of anilines is 1. The Balaban J connectivity index is 2.26. The molecule has 0 saturated heterocycles. The summed E-state index contributed by atoms with van der Waals surface area (Å²) in [5.74, 6) is 0.208. The first-order chi connectivity index (χ1) is 8.58. The minimum atomic E-state index is -0.456. The fraction of sp³-hybridized carbons (Fsp3) is 0.333. The Morgan fingerprint density at radius 1 is 1.50 bits per heavy atom. The Morgan fingerprint density at radius 2 is 2.28 bits per heavy atom. The number of aromatic nitrogens is 5. The summed E-state index contributed by atoms with van der Waals surface area (Å²) >= 11 is 6.87. The molecule has 2 heterocycles. The third-order valence-corrected chi connectivity index (χ3v) is 2.80. The molecule has 2 aromatic heterocycles. The van der Waals surface area contributed by atoms with E-state index < -0.39 is 5.91 Å². The van der Waals surface area contributed by atoms with Crippen LogP contribution in [0.2, 0.25) is 5.02 Å². The molecule has 94 valence electrons. The Morgan fingerprint density at radius 3 is 2.89 bits per heavy atom. The summed E-state index contributed by atoms with van der Waals surface area (Å²) in [5.41, 5.74) is 0.116. The minimum absolute atomic E-state index is 0.108. The van der Waals surface area contributed by atoms with Crippen LogP contribution in [0, 0.1) is 0 Å². The summed E-state index contributed by atoms with van der Waals surface area (Å²) in [6.07, 6.45) is 1.41. The molecule has 0 aliphatic heterocycles. The predicted molar refractivity (Wildman–Crippen MR) is 66.8 cm³/mol. The second kappa shape index (κ2) is 5.32. The number of rotatable bonds is 3. The molecule has 2 rings (SSSR count). The van der Waals surface area contributed by atoms with Crippen LogP contribution in [0.3, 0.4) is 0 Å². The number of halogens is 1. The van der Waals surface area contributed by atoms with Crippen molar-refractivity contribution in [3.63, 3.8) is 0 Å². The summed E-state index contributed by atoms with van der Waals surface area (Å²) in [5, 5.41) is 9.98. The van der Waals surface area contributed by atoms with Crippen molar-refractivity contribution in [3.05, 3.63) is 22.7 Å². The quantitative estimate of drug-likeness (QED) is 0.923. The molecule has 0 bridgehead atoms. The summed E-state index contributed by atoms with van der Waals surface area (Å²) in [7, 11) is 0. The molecular formula is C9H9ClN6OS. The van der Waals surface area contributed by atoms with Crippen molar-refractivity contribution in [3.8, 4) is 0 Å². The number of hydrogen-bond donors (Lipinski definition) is 1. The van der Waals surface area contributed by atoms with Crippen LogP contribution >= 0.6 is 23.1 Å². The largest absolute Gasteiger partial charge is 0.294 e. The third kappa shape index (κ3) is 2.77. The Kier molecular flexibility index (Phi) is 3.78. The zero-order chi connectivity index (χ0) is 13.1. The smallest absolute Gasteiger partial charge is 0.277 e. The molecule has 0 unspecified atom stereocenters. The first-order valence-electron chi connectivity index (χ1n) is 5.06. The van der Waals surface area contributed by atoms with Gasteiger partial charge in [0.1, 0.15) is 5.82 Å². The average molecular weight is 285 g/mol. The van der Waals surface area contributed by atoms with E-state index in [0.717, 1.165) is 11.5 Å². The van der Waals surface area contributed by atoms with Gasteiger partial charge in [0.15, 0.2) is 5.69 Å². The lowest BCUT2D eigenvalue weighted by molar-refractivity contribution is 0.102. The molecule has 0 aliphatic carbocycles. The molecule has 0 atom stereocenters. The van der Waals surface area contributed by atoms with Crippen LogP contribution in [0.25, 0.3) is 0 Å². The van der Waals surface area contributed by atoms with Gasteiger partial charge in [-0.15, -0.1) is 0 Å². The fourth-order valence-electron chi connectivity index (χ4n) is 1.16. The zero-order valence-corrected chi connectivity index (χ0v) is 11.2. The molecule has 9 heteroatoms. The lowest BCUT2D eigenvalue weighted by Gasteiger charge is -2.07. The molecule has 18 heavy (non-hydrogen) atoms. The number of carbonyl (C=O) groups is 1. The van der Waals surface area contributed by atoms with E-state index in [4.69, 9.17) is 11.6 Å². The SMILES string of the molecule is CC(C)c1ncc(Cl)c(C(=O)Nc2nnns2)n1. The first kappa shape index (κ1) is 12.8. The maximum atomic E-state index is 11.9. The highest BCUT2D eigenvalue weighted by atomic mass is 35.5. The van der Waals surface area contributed by atoms with Crippen molar-refractivity contribution >= 4 is 34.2 Å². The van der Waals surface area contributed by atoms with E-state index in [2.05, 4.69) is 30.1 Å². The molecular weight excluding hydrogens is 276 g/mol.